The SMILES string of the molecule is CC(=O)OC[C@H]1O[C@@H](n2cc(C=C(O)C=O)c(N)nc2=O)[C@H](OC(C)=O)[C@H]1OS(C)(=O)=O. The van der Waals surface area contributed by atoms with E-state index in [1.54, 1.807) is 0 Å². The molecule has 176 valence electrons. The molecule has 1 aromatic heterocycles. The molecule has 3 N–H and O–H groups in total. The van der Waals surface area contributed by atoms with Crippen LogP contribution in [0.4, 0.5) is 5.82 Å². The molecule has 1 aromatic rings. The summed E-state index contributed by atoms with van der Waals surface area (Å²) in [5.41, 5.74) is 4.59. The molecule has 0 aromatic carbocycles. The molecule has 2 heterocycles. The number of nitrogen functional groups attached to an aromatic ring is 1. The number of aliphatic hydroxyl groups excluding tert-OH is 1. The van der Waals surface area contributed by atoms with Crippen LogP contribution in [0, 0.1) is 0 Å². The minimum Gasteiger partial charge on any atom is -0.505 e. The van der Waals surface area contributed by atoms with E-state index in [-0.39, 0.29) is 17.7 Å². The average Bonchev–Trinajstić information content (AvgIpc) is 2.97. The van der Waals surface area contributed by atoms with Gasteiger partial charge in [0.15, 0.2) is 24.4 Å². The maximum absolute atomic E-state index is 12.5. The molecule has 2 rings (SSSR count). The van der Waals surface area contributed by atoms with Crippen molar-refractivity contribution in [2.45, 2.75) is 38.4 Å². The number of ether oxygens (including phenoxy) is 3. The summed E-state index contributed by atoms with van der Waals surface area (Å²) in [6.07, 6.45) is -2.91. The zero-order chi connectivity index (χ0) is 24.2. The number of carbonyl (C=O) groups is 3. The van der Waals surface area contributed by atoms with Crippen LogP contribution in [0.3, 0.4) is 0 Å². The Morgan fingerprint density at radius 3 is 2.50 bits per heavy atom. The Morgan fingerprint density at radius 1 is 1.31 bits per heavy atom. The summed E-state index contributed by atoms with van der Waals surface area (Å²) in [6, 6.07) is 0. The van der Waals surface area contributed by atoms with Gasteiger partial charge in [-0.25, -0.2) is 4.79 Å². The van der Waals surface area contributed by atoms with Gasteiger partial charge in [0.25, 0.3) is 10.1 Å². The van der Waals surface area contributed by atoms with E-state index in [0.29, 0.717) is 0 Å². The van der Waals surface area contributed by atoms with Crippen molar-refractivity contribution in [2.24, 2.45) is 0 Å². The van der Waals surface area contributed by atoms with Crippen molar-refractivity contribution in [1.82, 2.24) is 9.55 Å². The lowest BCUT2D eigenvalue weighted by Gasteiger charge is -2.23. The Morgan fingerprint density at radius 2 is 1.97 bits per heavy atom. The molecule has 4 atom stereocenters. The van der Waals surface area contributed by atoms with Gasteiger partial charge in [0, 0.05) is 25.6 Å². The smallest absolute Gasteiger partial charge is 0.351 e. The third kappa shape index (κ3) is 6.35. The highest BCUT2D eigenvalue weighted by atomic mass is 32.2. The van der Waals surface area contributed by atoms with Crippen molar-refractivity contribution in [3.8, 4) is 0 Å². The highest BCUT2D eigenvalue weighted by Gasteiger charge is 2.51. The number of carbonyl (C=O) groups excluding carboxylic acids is 3. The summed E-state index contributed by atoms with van der Waals surface area (Å²) in [5, 5.41) is 9.45. The van der Waals surface area contributed by atoms with E-state index in [1.165, 1.54) is 0 Å². The Hall–Kier alpha value is -3.30. The Kier molecular flexibility index (Phi) is 7.71. The highest BCUT2D eigenvalue weighted by molar-refractivity contribution is 7.86. The number of hydrogen-bond donors (Lipinski definition) is 2. The predicted octanol–water partition coefficient (Wildman–Crippen LogP) is -1.34. The zero-order valence-electron chi connectivity index (χ0n) is 17.2. The number of nitrogens with zero attached hydrogens (tertiary/aromatic N) is 2. The first-order valence-electron chi connectivity index (χ1n) is 8.91. The predicted molar refractivity (Wildman–Crippen MR) is 105 cm³/mol. The number of hydrogen-bond acceptors (Lipinski definition) is 13. The molecule has 0 bridgehead atoms. The molecule has 0 amide bonds. The van der Waals surface area contributed by atoms with Crippen LogP contribution in [-0.4, -0.2) is 72.5 Å². The summed E-state index contributed by atoms with van der Waals surface area (Å²) in [7, 11) is -4.11. The van der Waals surface area contributed by atoms with Crippen molar-refractivity contribution in [2.75, 3.05) is 18.6 Å². The van der Waals surface area contributed by atoms with Crippen LogP contribution < -0.4 is 11.4 Å². The van der Waals surface area contributed by atoms with Gasteiger partial charge in [-0.15, -0.1) is 0 Å². The van der Waals surface area contributed by atoms with Gasteiger partial charge in [0.05, 0.1) is 6.26 Å². The minimum absolute atomic E-state index is 0.0663. The van der Waals surface area contributed by atoms with Crippen molar-refractivity contribution in [3.05, 3.63) is 28.0 Å². The topological polar surface area (TPSA) is 203 Å². The van der Waals surface area contributed by atoms with Crippen molar-refractivity contribution in [3.63, 3.8) is 0 Å². The van der Waals surface area contributed by atoms with E-state index in [0.717, 1.165) is 36.9 Å². The molecular formula is C17H21N3O11S. The largest absolute Gasteiger partial charge is 0.505 e. The number of esters is 2. The van der Waals surface area contributed by atoms with Crippen molar-refractivity contribution >= 4 is 40.2 Å². The molecular weight excluding hydrogens is 454 g/mol. The fraction of sp³-hybridized carbons (Fsp3) is 0.471. The molecule has 15 heteroatoms. The summed E-state index contributed by atoms with van der Waals surface area (Å²) >= 11 is 0. The number of rotatable bonds is 8. The zero-order valence-corrected chi connectivity index (χ0v) is 18.0. The second kappa shape index (κ2) is 9.88. The summed E-state index contributed by atoms with van der Waals surface area (Å²) < 4.78 is 45.1. The van der Waals surface area contributed by atoms with E-state index < -0.39 is 64.7 Å². The Labute approximate surface area is 181 Å². The van der Waals surface area contributed by atoms with Crippen LogP contribution in [0.2, 0.25) is 0 Å². The molecule has 14 nitrogen and oxygen atoms in total. The molecule has 0 radical (unpaired) electrons. The number of allylic oxidation sites excluding steroid dienone is 1. The lowest BCUT2D eigenvalue weighted by molar-refractivity contribution is -0.155. The summed E-state index contributed by atoms with van der Waals surface area (Å²) in [4.78, 5) is 49.6. The van der Waals surface area contributed by atoms with Gasteiger partial charge in [0.1, 0.15) is 24.6 Å². The first-order valence-corrected chi connectivity index (χ1v) is 10.7. The second-order valence-corrected chi connectivity index (χ2v) is 8.27. The van der Waals surface area contributed by atoms with E-state index in [9.17, 15) is 32.7 Å². The van der Waals surface area contributed by atoms with E-state index in [4.69, 9.17) is 24.1 Å². The molecule has 0 aliphatic carbocycles. The molecule has 32 heavy (non-hydrogen) atoms. The van der Waals surface area contributed by atoms with E-state index in [2.05, 4.69) is 4.98 Å². The van der Waals surface area contributed by atoms with Gasteiger partial charge < -0.3 is 25.1 Å². The van der Waals surface area contributed by atoms with Gasteiger partial charge in [-0.05, 0) is 6.08 Å². The fourth-order valence-corrected chi connectivity index (χ4v) is 3.52. The third-order valence-corrected chi connectivity index (χ3v) is 4.61. The monoisotopic (exact) mass is 475 g/mol. The number of nitrogens with two attached hydrogens (primary N) is 1. The van der Waals surface area contributed by atoms with Gasteiger partial charge >= 0.3 is 17.6 Å². The van der Waals surface area contributed by atoms with Crippen molar-refractivity contribution < 1.29 is 46.3 Å². The van der Waals surface area contributed by atoms with Crippen LogP contribution in [0.25, 0.3) is 6.08 Å². The van der Waals surface area contributed by atoms with E-state index >= 15 is 0 Å². The number of anilines is 1. The maximum Gasteiger partial charge on any atom is 0.351 e. The number of aldehydes is 1. The fourth-order valence-electron chi connectivity index (χ4n) is 2.88. The Bertz CT molecular complexity index is 1100. The molecule has 0 unspecified atom stereocenters. The lowest BCUT2D eigenvalue weighted by atomic mass is 10.1. The minimum atomic E-state index is -4.11. The van der Waals surface area contributed by atoms with Gasteiger partial charge in [-0.2, -0.15) is 13.4 Å². The standard InChI is InChI=1S/C17H21N3O11S/c1-8(22)28-7-12-13(31-32(3,26)27)14(29-9(2)23)16(30-12)20-5-10(4-11(24)6-21)15(18)19-17(20)25/h4-6,12-14,16,24H,7H2,1-3H3,(H2,18,19,25)/t12-,13+,14-,16-/m1/s1. The van der Waals surface area contributed by atoms with Crippen LogP contribution in [0.5, 0.6) is 0 Å². The van der Waals surface area contributed by atoms with Gasteiger partial charge in [-0.1, -0.05) is 0 Å². The third-order valence-electron chi connectivity index (χ3n) is 4.03. The first-order chi connectivity index (χ1) is 14.8. The molecule has 1 aliphatic rings. The molecule has 0 spiro atoms. The normalized spacial score (nSPS) is 23.5. The van der Waals surface area contributed by atoms with Gasteiger partial charge in [0.2, 0.25) is 0 Å². The number of aromatic nitrogens is 2. The maximum atomic E-state index is 12.5. The van der Waals surface area contributed by atoms with E-state index in [1.807, 2.05) is 0 Å². The summed E-state index contributed by atoms with van der Waals surface area (Å²) in [5.74, 6) is -2.61. The average molecular weight is 475 g/mol. The van der Waals surface area contributed by atoms with Crippen LogP contribution in [0.1, 0.15) is 25.6 Å². The van der Waals surface area contributed by atoms with Crippen LogP contribution >= 0.6 is 0 Å². The van der Waals surface area contributed by atoms with Gasteiger partial charge in [-0.3, -0.25) is 23.1 Å². The molecule has 1 aliphatic heterocycles. The molecule has 0 saturated carbocycles. The van der Waals surface area contributed by atoms with Crippen molar-refractivity contribution in [1.29, 1.82) is 0 Å². The lowest BCUT2D eigenvalue weighted by Crippen LogP contribution is -2.42. The highest BCUT2D eigenvalue weighted by Crippen LogP contribution is 2.34. The first kappa shape index (κ1) is 25.0. The summed E-state index contributed by atoms with van der Waals surface area (Å²) in [6.45, 7) is 1.66. The number of aliphatic hydroxyl groups is 1. The molecule has 1 saturated heterocycles. The second-order valence-electron chi connectivity index (χ2n) is 6.67. The quantitative estimate of drug-likeness (QED) is 0.147. The Balaban J connectivity index is 2.59. The van der Waals surface area contributed by atoms with Crippen LogP contribution in [-0.2, 0) is 42.9 Å². The van der Waals surface area contributed by atoms with Crippen LogP contribution in [0.15, 0.2) is 16.8 Å². The molecule has 1 fully saturated rings.